The van der Waals surface area contributed by atoms with Crippen LogP contribution < -0.4 is 0 Å². The lowest BCUT2D eigenvalue weighted by Crippen LogP contribution is -2.34. The minimum Gasteiger partial charge on any atom is -0.337 e. The van der Waals surface area contributed by atoms with E-state index in [-0.39, 0.29) is 5.91 Å². The zero-order valence-electron chi connectivity index (χ0n) is 8.25. The van der Waals surface area contributed by atoms with Crippen molar-refractivity contribution >= 4 is 28.8 Å². The lowest BCUT2D eigenvalue weighted by molar-refractivity contribution is -0.129. The molecule has 2 heterocycles. The van der Waals surface area contributed by atoms with Gasteiger partial charge in [-0.25, -0.2) is 2.90 Å². The summed E-state index contributed by atoms with van der Waals surface area (Å²) in [7, 11) is 0. The highest BCUT2D eigenvalue weighted by Crippen LogP contribution is 2.23. The summed E-state index contributed by atoms with van der Waals surface area (Å²) in [6, 6.07) is 0. The van der Waals surface area contributed by atoms with Gasteiger partial charge >= 0.3 is 0 Å². The number of hydrogen-bond acceptors (Lipinski definition) is 2. The molecule has 0 radical (unpaired) electrons. The van der Waals surface area contributed by atoms with Crippen LogP contribution in [0, 0.1) is 6.92 Å². The average Bonchev–Trinajstić information content (AvgIpc) is 2.42. The number of nitrogens with zero attached hydrogens (tertiary/aromatic N) is 3. The summed E-state index contributed by atoms with van der Waals surface area (Å²) >= 11 is 2.17. The van der Waals surface area contributed by atoms with E-state index in [9.17, 15) is 4.79 Å². The van der Waals surface area contributed by atoms with Crippen LogP contribution in [0.15, 0.2) is 0 Å². The summed E-state index contributed by atoms with van der Waals surface area (Å²) in [4.78, 5) is 13.1. The normalized spacial score (nSPS) is 15.5. The van der Waals surface area contributed by atoms with Crippen molar-refractivity contribution < 1.29 is 4.79 Å². The third-order valence-corrected chi connectivity index (χ3v) is 3.46. The lowest BCUT2D eigenvalue weighted by atomic mass is 10.1. The quantitative estimate of drug-likeness (QED) is 0.678. The number of fused-ring (bicyclic) bond motifs is 1. The molecule has 76 valence electrons. The minimum atomic E-state index is 0.144. The van der Waals surface area contributed by atoms with Gasteiger partial charge in [0.1, 0.15) is 0 Å². The summed E-state index contributed by atoms with van der Waals surface area (Å²) in [6.45, 7) is 5.17. The monoisotopic (exact) mass is 305 g/mol. The molecule has 0 unspecified atom stereocenters. The van der Waals surface area contributed by atoms with Gasteiger partial charge in [-0.3, -0.25) is 4.79 Å². The topological polar surface area (TPSA) is 38.1 Å². The van der Waals surface area contributed by atoms with Gasteiger partial charge in [-0.2, -0.15) is 5.10 Å². The maximum atomic E-state index is 11.2. The Kier molecular flexibility index (Phi) is 2.50. The van der Waals surface area contributed by atoms with Gasteiger partial charge in [0.25, 0.3) is 0 Å². The van der Waals surface area contributed by atoms with Crippen molar-refractivity contribution in [2.75, 3.05) is 6.54 Å². The number of halogens is 1. The van der Waals surface area contributed by atoms with E-state index in [1.807, 2.05) is 14.7 Å². The molecule has 5 heteroatoms. The number of rotatable bonds is 0. The third-order valence-electron chi connectivity index (χ3n) is 2.66. The van der Waals surface area contributed by atoms with Crippen molar-refractivity contribution in [1.29, 1.82) is 0 Å². The molecule has 0 saturated heterocycles. The number of aromatic nitrogens is 2. The fraction of sp³-hybridized carbons (Fsp3) is 0.556. The molecular weight excluding hydrogens is 293 g/mol. The summed E-state index contributed by atoms with van der Waals surface area (Å²) < 4.78 is 1.86. The Labute approximate surface area is 96.8 Å². The zero-order valence-corrected chi connectivity index (χ0v) is 10.4. The predicted molar refractivity (Wildman–Crippen MR) is 61.2 cm³/mol. The molecule has 1 aromatic heterocycles. The van der Waals surface area contributed by atoms with Gasteiger partial charge < -0.3 is 4.90 Å². The summed E-state index contributed by atoms with van der Waals surface area (Å²) in [5.74, 6) is 0.144. The fourth-order valence-electron chi connectivity index (χ4n) is 1.83. The van der Waals surface area contributed by atoms with E-state index in [4.69, 9.17) is 0 Å². The minimum absolute atomic E-state index is 0.144. The molecule has 0 aromatic carbocycles. The van der Waals surface area contributed by atoms with Crippen LogP contribution in [0.3, 0.4) is 0 Å². The maximum Gasteiger partial charge on any atom is 0.219 e. The molecular formula is C9H12IN3O. The van der Waals surface area contributed by atoms with Crippen molar-refractivity contribution in [1.82, 2.24) is 12.9 Å². The van der Waals surface area contributed by atoms with Gasteiger partial charge in [0, 0.05) is 19.0 Å². The molecule has 1 aliphatic rings. The van der Waals surface area contributed by atoms with Gasteiger partial charge in [-0.05, 0) is 13.3 Å². The number of amides is 1. The van der Waals surface area contributed by atoms with Gasteiger partial charge in [0.15, 0.2) is 0 Å². The van der Waals surface area contributed by atoms with Gasteiger partial charge in [0.2, 0.25) is 5.91 Å². The van der Waals surface area contributed by atoms with Crippen LogP contribution >= 0.6 is 22.9 Å². The number of aryl methyl sites for hydroxylation is 1. The molecule has 0 bridgehead atoms. The molecule has 1 aromatic rings. The Hall–Kier alpha value is -0.590. The molecule has 2 rings (SSSR count). The molecule has 0 fully saturated rings. The van der Waals surface area contributed by atoms with E-state index < -0.39 is 0 Å². The van der Waals surface area contributed by atoms with E-state index in [1.165, 1.54) is 11.3 Å². The molecule has 4 nitrogen and oxygen atoms in total. The van der Waals surface area contributed by atoms with Gasteiger partial charge in [-0.15, -0.1) is 0 Å². The molecule has 0 N–H and O–H groups in total. The SMILES string of the molecule is CC(=O)N1CCc2c(C)nn(I)c2C1. The second-order valence-corrected chi connectivity index (χ2v) is 4.48. The Morgan fingerprint density at radius 3 is 2.93 bits per heavy atom. The van der Waals surface area contributed by atoms with Crippen molar-refractivity contribution in [2.45, 2.75) is 26.8 Å². The smallest absolute Gasteiger partial charge is 0.219 e. The second kappa shape index (κ2) is 3.52. The molecule has 0 aliphatic carbocycles. The van der Waals surface area contributed by atoms with Crippen molar-refractivity contribution in [3.63, 3.8) is 0 Å². The highest BCUT2D eigenvalue weighted by molar-refractivity contribution is 14.1. The second-order valence-electron chi connectivity index (χ2n) is 3.56. The molecule has 0 saturated carbocycles. The number of carbonyl (C=O) groups is 1. The average molecular weight is 305 g/mol. The Bertz CT molecular complexity index is 386. The summed E-state index contributed by atoms with van der Waals surface area (Å²) in [5.41, 5.74) is 3.58. The Balaban J connectivity index is 2.34. The largest absolute Gasteiger partial charge is 0.337 e. The van der Waals surface area contributed by atoms with Crippen molar-refractivity contribution in [3.05, 3.63) is 17.0 Å². The van der Waals surface area contributed by atoms with Crippen molar-refractivity contribution in [3.8, 4) is 0 Å². The molecule has 1 amide bonds. The van der Waals surface area contributed by atoms with Gasteiger partial charge in [-0.1, -0.05) is 0 Å². The van der Waals surface area contributed by atoms with Crippen LogP contribution in [0.5, 0.6) is 0 Å². The molecule has 1 aliphatic heterocycles. The first-order chi connectivity index (χ1) is 6.59. The predicted octanol–water partition coefficient (Wildman–Crippen LogP) is 1.29. The highest BCUT2D eigenvalue weighted by Gasteiger charge is 2.23. The fourth-order valence-corrected chi connectivity index (χ4v) is 2.59. The molecule has 14 heavy (non-hydrogen) atoms. The Morgan fingerprint density at radius 2 is 2.29 bits per heavy atom. The van der Waals surface area contributed by atoms with Crippen LogP contribution in [0.25, 0.3) is 0 Å². The van der Waals surface area contributed by atoms with Crippen LogP contribution in [0.2, 0.25) is 0 Å². The lowest BCUT2D eigenvalue weighted by Gasteiger charge is -2.25. The first-order valence-corrected chi connectivity index (χ1v) is 5.55. The molecule has 0 atom stereocenters. The van der Waals surface area contributed by atoms with E-state index in [1.54, 1.807) is 6.92 Å². The third kappa shape index (κ3) is 1.53. The summed E-state index contributed by atoms with van der Waals surface area (Å²) in [5, 5.41) is 4.35. The van der Waals surface area contributed by atoms with Crippen LogP contribution in [0.1, 0.15) is 23.9 Å². The van der Waals surface area contributed by atoms with E-state index >= 15 is 0 Å². The van der Waals surface area contributed by atoms with Crippen LogP contribution in [-0.2, 0) is 17.8 Å². The van der Waals surface area contributed by atoms with Crippen LogP contribution in [-0.4, -0.2) is 25.3 Å². The maximum absolute atomic E-state index is 11.2. The number of carbonyl (C=O) groups excluding carboxylic acids is 1. The van der Waals surface area contributed by atoms with Gasteiger partial charge in [0.05, 0.1) is 40.8 Å². The first-order valence-electron chi connectivity index (χ1n) is 4.58. The zero-order chi connectivity index (χ0) is 10.3. The Morgan fingerprint density at radius 1 is 1.57 bits per heavy atom. The van der Waals surface area contributed by atoms with E-state index in [0.717, 1.165) is 18.7 Å². The number of hydrogen-bond donors (Lipinski definition) is 0. The van der Waals surface area contributed by atoms with E-state index in [0.29, 0.717) is 6.54 Å². The van der Waals surface area contributed by atoms with Crippen LogP contribution in [0.4, 0.5) is 0 Å². The van der Waals surface area contributed by atoms with E-state index in [2.05, 4.69) is 28.0 Å². The molecule has 0 spiro atoms. The van der Waals surface area contributed by atoms with Crippen molar-refractivity contribution in [2.24, 2.45) is 0 Å². The summed E-state index contributed by atoms with van der Waals surface area (Å²) in [6.07, 6.45) is 0.934. The standard InChI is InChI=1S/C9H12IN3O/c1-6-8-3-4-12(7(2)14)5-9(8)13(10)11-6/h3-5H2,1-2H3. The highest BCUT2D eigenvalue weighted by atomic mass is 127. The first kappa shape index (κ1) is 9.95.